The van der Waals surface area contributed by atoms with Gasteiger partial charge in [0, 0.05) is 36.7 Å². The van der Waals surface area contributed by atoms with E-state index >= 15 is 0 Å². The summed E-state index contributed by atoms with van der Waals surface area (Å²) in [7, 11) is -3.62. The lowest BCUT2D eigenvalue weighted by Crippen LogP contribution is -2.38. The van der Waals surface area contributed by atoms with E-state index in [1.165, 1.54) is 21.3 Å². The van der Waals surface area contributed by atoms with Crippen molar-refractivity contribution in [2.24, 2.45) is 0 Å². The summed E-state index contributed by atoms with van der Waals surface area (Å²) in [6.45, 7) is 1.47. The van der Waals surface area contributed by atoms with Crippen molar-refractivity contribution < 1.29 is 12.8 Å². The van der Waals surface area contributed by atoms with Gasteiger partial charge in [0.2, 0.25) is 10.0 Å². The molecule has 1 fully saturated rings. The summed E-state index contributed by atoms with van der Waals surface area (Å²) in [6, 6.07) is 21.5. The number of nitrogens with zero attached hydrogens (tertiary/aromatic N) is 2. The summed E-state index contributed by atoms with van der Waals surface area (Å²) in [5.74, 6) is 0.0117. The Morgan fingerprint density at radius 3 is 2.42 bits per heavy atom. The minimum absolute atomic E-state index is 0.164. The highest BCUT2D eigenvalue weighted by Crippen LogP contribution is 2.36. The van der Waals surface area contributed by atoms with Crippen LogP contribution in [0.15, 0.2) is 83.9 Å². The predicted molar refractivity (Wildman–Crippen MR) is 130 cm³/mol. The van der Waals surface area contributed by atoms with Gasteiger partial charge in [-0.3, -0.25) is 0 Å². The molecule has 4 aromatic rings. The van der Waals surface area contributed by atoms with Crippen LogP contribution in [0.1, 0.15) is 29.9 Å². The van der Waals surface area contributed by atoms with Crippen LogP contribution in [-0.2, 0) is 16.6 Å². The van der Waals surface area contributed by atoms with Crippen molar-refractivity contribution in [3.8, 4) is 0 Å². The molecule has 0 atom stereocenters. The van der Waals surface area contributed by atoms with Gasteiger partial charge < -0.3 is 4.57 Å². The van der Waals surface area contributed by atoms with Crippen molar-refractivity contribution in [2.45, 2.75) is 30.2 Å². The average molecular weight is 483 g/mol. The number of halogens is 2. The summed E-state index contributed by atoms with van der Waals surface area (Å²) in [5.41, 5.74) is 3.22. The molecule has 33 heavy (non-hydrogen) atoms. The van der Waals surface area contributed by atoms with E-state index in [9.17, 15) is 12.8 Å². The van der Waals surface area contributed by atoms with Gasteiger partial charge in [-0.15, -0.1) is 0 Å². The van der Waals surface area contributed by atoms with Gasteiger partial charge in [-0.1, -0.05) is 54.1 Å². The van der Waals surface area contributed by atoms with E-state index in [1.807, 2.05) is 18.2 Å². The van der Waals surface area contributed by atoms with Gasteiger partial charge in [-0.25, -0.2) is 12.8 Å². The van der Waals surface area contributed by atoms with Crippen LogP contribution < -0.4 is 0 Å². The van der Waals surface area contributed by atoms with Crippen LogP contribution >= 0.6 is 11.6 Å². The fourth-order valence-electron chi connectivity index (χ4n) is 4.76. The number of fused-ring (bicyclic) bond motifs is 1. The molecule has 0 bridgehead atoms. The Hall–Kier alpha value is -2.67. The maximum absolute atomic E-state index is 13.7. The molecule has 0 amide bonds. The number of rotatable bonds is 5. The summed E-state index contributed by atoms with van der Waals surface area (Å²) >= 11 is 6.16. The Balaban J connectivity index is 1.39. The van der Waals surface area contributed by atoms with E-state index in [2.05, 4.69) is 22.9 Å². The number of para-hydroxylation sites is 1. The molecule has 1 aliphatic rings. The zero-order chi connectivity index (χ0) is 23.0. The van der Waals surface area contributed by atoms with Gasteiger partial charge in [-0.05, 0) is 60.2 Å². The predicted octanol–water partition coefficient (Wildman–Crippen LogP) is 6.05. The van der Waals surface area contributed by atoms with E-state index in [0.717, 1.165) is 23.9 Å². The molecular weight excluding hydrogens is 459 g/mol. The van der Waals surface area contributed by atoms with Gasteiger partial charge in [0.1, 0.15) is 10.7 Å². The second-order valence-electron chi connectivity index (χ2n) is 8.47. The molecule has 1 aromatic heterocycles. The maximum Gasteiger partial charge on any atom is 0.244 e. The summed E-state index contributed by atoms with van der Waals surface area (Å²) in [6.07, 6.45) is 3.62. The van der Waals surface area contributed by atoms with Gasteiger partial charge >= 0.3 is 0 Å². The van der Waals surface area contributed by atoms with Crippen molar-refractivity contribution in [2.75, 3.05) is 13.1 Å². The Labute approximate surface area is 198 Å². The van der Waals surface area contributed by atoms with Gasteiger partial charge in [-0.2, -0.15) is 4.31 Å². The fourth-order valence-corrected chi connectivity index (χ4v) is 6.73. The van der Waals surface area contributed by atoms with Crippen molar-refractivity contribution in [1.82, 2.24) is 8.87 Å². The summed E-state index contributed by atoms with van der Waals surface area (Å²) in [5, 5.41) is 1.42. The summed E-state index contributed by atoms with van der Waals surface area (Å²) in [4.78, 5) is 0.164. The van der Waals surface area contributed by atoms with E-state index in [0.29, 0.717) is 19.6 Å². The first kappa shape index (κ1) is 22.1. The second-order valence-corrected chi connectivity index (χ2v) is 10.8. The molecule has 0 N–H and O–H groups in total. The molecule has 1 aliphatic heterocycles. The molecule has 2 heterocycles. The van der Waals surface area contributed by atoms with Gasteiger partial charge in [0.15, 0.2) is 0 Å². The van der Waals surface area contributed by atoms with E-state index in [-0.39, 0.29) is 21.7 Å². The lowest BCUT2D eigenvalue weighted by molar-refractivity contribution is 0.320. The van der Waals surface area contributed by atoms with Crippen molar-refractivity contribution in [1.29, 1.82) is 0 Å². The van der Waals surface area contributed by atoms with E-state index < -0.39 is 10.0 Å². The number of sulfonamides is 1. The molecule has 4 nitrogen and oxygen atoms in total. The highest BCUT2D eigenvalue weighted by atomic mass is 35.5. The molecular formula is C26H24ClFN2O2S. The lowest BCUT2D eigenvalue weighted by atomic mass is 9.90. The highest BCUT2D eigenvalue weighted by molar-refractivity contribution is 7.89. The van der Waals surface area contributed by atoms with Crippen molar-refractivity contribution in [3.63, 3.8) is 0 Å². The second kappa shape index (κ2) is 8.93. The molecule has 170 valence electrons. The molecule has 1 saturated heterocycles. The molecule has 5 rings (SSSR count). The topological polar surface area (TPSA) is 42.3 Å². The van der Waals surface area contributed by atoms with Crippen LogP contribution in [-0.4, -0.2) is 30.4 Å². The Morgan fingerprint density at radius 2 is 1.67 bits per heavy atom. The maximum atomic E-state index is 13.7. The van der Waals surface area contributed by atoms with Gasteiger partial charge in [0.25, 0.3) is 0 Å². The molecule has 0 radical (unpaired) electrons. The van der Waals surface area contributed by atoms with Crippen LogP contribution in [0.2, 0.25) is 5.02 Å². The third kappa shape index (κ3) is 4.31. The van der Waals surface area contributed by atoms with Crippen molar-refractivity contribution in [3.05, 3.63) is 101 Å². The van der Waals surface area contributed by atoms with Crippen molar-refractivity contribution >= 4 is 32.5 Å². The highest BCUT2D eigenvalue weighted by Gasteiger charge is 2.32. The SMILES string of the molecule is O=S(=O)(c1ccccc1Cl)N1CCC(c2cn(Cc3cccc(F)c3)c3ccccc23)CC1. The van der Waals surface area contributed by atoms with Crippen LogP contribution in [0.4, 0.5) is 4.39 Å². The average Bonchev–Trinajstić information content (AvgIpc) is 3.18. The minimum Gasteiger partial charge on any atom is -0.343 e. The summed E-state index contributed by atoms with van der Waals surface area (Å²) < 4.78 is 43.6. The molecule has 7 heteroatoms. The molecule has 0 unspecified atom stereocenters. The molecule has 0 aliphatic carbocycles. The Morgan fingerprint density at radius 1 is 0.939 bits per heavy atom. The largest absolute Gasteiger partial charge is 0.343 e. The minimum atomic E-state index is -3.62. The number of hydrogen-bond acceptors (Lipinski definition) is 2. The first-order valence-corrected chi connectivity index (χ1v) is 12.8. The first-order chi connectivity index (χ1) is 15.9. The number of benzene rings is 3. The van der Waals surface area contributed by atoms with Crippen LogP contribution in [0.3, 0.4) is 0 Å². The fraction of sp³-hybridized carbons (Fsp3) is 0.231. The Kier molecular flexibility index (Phi) is 5.99. The first-order valence-electron chi connectivity index (χ1n) is 11.0. The standard InChI is InChI=1S/C26H24ClFN2O2S/c27-24-9-2-4-11-26(24)33(31,32)30-14-12-20(13-15-30)23-18-29(25-10-3-1-8-22(23)25)17-19-6-5-7-21(28)16-19/h1-11,16,18,20H,12-15,17H2. The lowest BCUT2D eigenvalue weighted by Gasteiger charge is -2.31. The van der Waals surface area contributed by atoms with Gasteiger partial charge in [0.05, 0.1) is 5.02 Å². The normalized spacial score (nSPS) is 15.8. The monoisotopic (exact) mass is 482 g/mol. The quantitative estimate of drug-likeness (QED) is 0.347. The molecule has 3 aromatic carbocycles. The van der Waals surface area contributed by atoms with E-state index in [4.69, 9.17) is 11.6 Å². The Bertz CT molecular complexity index is 1410. The number of aromatic nitrogens is 1. The van der Waals surface area contributed by atoms with Crippen LogP contribution in [0, 0.1) is 5.82 Å². The zero-order valence-electron chi connectivity index (χ0n) is 18.0. The van der Waals surface area contributed by atoms with E-state index in [1.54, 1.807) is 36.4 Å². The number of piperidine rings is 1. The molecule has 0 spiro atoms. The third-order valence-corrected chi connectivity index (χ3v) is 8.81. The molecule has 0 saturated carbocycles. The zero-order valence-corrected chi connectivity index (χ0v) is 19.6. The van der Waals surface area contributed by atoms with Crippen LogP contribution in [0.5, 0.6) is 0 Å². The smallest absolute Gasteiger partial charge is 0.244 e. The third-order valence-electron chi connectivity index (χ3n) is 6.41. The van der Waals surface area contributed by atoms with Crippen LogP contribution in [0.25, 0.3) is 10.9 Å². The number of hydrogen-bond donors (Lipinski definition) is 0.